The highest BCUT2D eigenvalue weighted by Gasteiger charge is 2.15. The van der Waals surface area contributed by atoms with Gasteiger partial charge in [-0.05, 0) is 35.5 Å². The van der Waals surface area contributed by atoms with Gasteiger partial charge in [0.15, 0.2) is 5.82 Å². The van der Waals surface area contributed by atoms with Crippen LogP contribution in [0.4, 0.5) is 11.5 Å². The minimum atomic E-state index is -0.165. The van der Waals surface area contributed by atoms with Crippen molar-refractivity contribution in [2.24, 2.45) is 0 Å². The van der Waals surface area contributed by atoms with Gasteiger partial charge in [-0.15, -0.1) is 11.3 Å². The summed E-state index contributed by atoms with van der Waals surface area (Å²) < 4.78 is 0. The second-order valence-electron chi connectivity index (χ2n) is 4.16. The second kappa shape index (κ2) is 5.54. The molecule has 0 spiro atoms. The number of carbonyl (C=O) groups is 1. The van der Waals surface area contributed by atoms with Crippen molar-refractivity contribution < 1.29 is 4.79 Å². The quantitative estimate of drug-likeness (QED) is 0.885. The Balaban J connectivity index is 2.29. The minimum absolute atomic E-state index is 0.147. The molecule has 0 atom stereocenters. The highest BCUT2D eigenvalue weighted by atomic mass is 35.5. The Hall–Kier alpha value is -1.66. The van der Waals surface area contributed by atoms with E-state index in [1.807, 2.05) is 32.5 Å². The predicted octanol–water partition coefficient (Wildman–Crippen LogP) is 2.82. The Kier molecular flexibility index (Phi) is 4.01. The van der Waals surface area contributed by atoms with E-state index < -0.39 is 0 Å². The number of carbonyl (C=O) groups excluding carboxylic acids is 1. The SMILES string of the molecule is Cc1ccsc1C(=O)Nc1cnc(Cl)nc1N(C)C. The van der Waals surface area contributed by atoms with Crippen LogP contribution in [-0.4, -0.2) is 30.0 Å². The van der Waals surface area contributed by atoms with Gasteiger partial charge in [0.25, 0.3) is 5.91 Å². The van der Waals surface area contributed by atoms with Gasteiger partial charge in [0.2, 0.25) is 5.28 Å². The zero-order valence-corrected chi connectivity index (χ0v) is 12.3. The van der Waals surface area contributed by atoms with Crippen molar-refractivity contribution >= 4 is 40.4 Å². The first-order chi connectivity index (χ1) is 8.99. The maximum Gasteiger partial charge on any atom is 0.266 e. The highest BCUT2D eigenvalue weighted by molar-refractivity contribution is 7.12. The van der Waals surface area contributed by atoms with Crippen molar-refractivity contribution in [2.45, 2.75) is 6.92 Å². The summed E-state index contributed by atoms with van der Waals surface area (Å²) in [7, 11) is 3.65. The predicted molar refractivity (Wildman–Crippen MR) is 78.4 cm³/mol. The number of hydrogen-bond donors (Lipinski definition) is 1. The topological polar surface area (TPSA) is 58.1 Å². The van der Waals surface area contributed by atoms with Crippen molar-refractivity contribution in [3.05, 3.63) is 33.4 Å². The number of thiophene rings is 1. The number of amides is 1. The van der Waals surface area contributed by atoms with Crippen LogP contribution >= 0.6 is 22.9 Å². The summed E-state index contributed by atoms with van der Waals surface area (Å²) in [6.07, 6.45) is 1.51. The number of anilines is 2. The third kappa shape index (κ3) is 3.02. The Morgan fingerprint density at radius 3 is 2.79 bits per heavy atom. The molecule has 0 saturated carbocycles. The fourth-order valence-electron chi connectivity index (χ4n) is 1.57. The van der Waals surface area contributed by atoms with Crippen molar-refractivity contribution in [3.63, 3.8) is 0 Å². The lowest BCUT2D eigenvalue weighted by Crippen LogP contribution is -2.18. The van der Waals surface area contributed by atoms with E-state index >= 15 is 0 Å². The minimum Gasteiger partial charge on any atom is -0.361 e. The Morgan fingerprint density at radius 1 is 1.47 bits per heavy atom. The summed E-state index contributed by atoms with van der Waals surface area (Å²) in [6, 6.07) is 1.91. The lowest BCUT2D eigenvalue weighted by Gasteiger charge is -2.16. The average molecular weight is 297 g/mol. The van der Waals surface area contributed by atoms with Crippen LogP contribution in [0.15, 0.2) is 17.6 Å². The van der Waals surface area contributed by atoms with Gasteiger partial charge in [0.1, 0.15) is 5.69 Å². The van der Waals surface area contributed by atoms with Crippen molar-refractivity contribution in [3.8, 4) is 0 Å². The number of rotatable bonds is 3. The summed E-state index contributed by atoms with van der Waals surface area (Å²) >= 11 is 7.16. The molecule has 0 aliphatic carbocycles. The normalized spacial score (nSPS) is 10.3. The smallest absolute Gasteiger partial charge is 0.266 e. The van der Waals surface area contributed by atoms with Gasteiger partial charge in [0.05, 0.1) is 11.1 Å². The molecular formula is C12H13ClN4OS. The van der Waals surface area contributed by atoms with E-state index in [0.29, 0.717) is 16.4 Å². The monoisotopic (exact) mass is 296 g/mol. The van der Waals surface area contributed by atoms with E-state index in [9.17, 15) is 4.79 Å². The molecule has 0 aliphatic rings. The van der Waals surface area contributed by atoms with Crippen LogP contribution in [0, 0.1) is 6.92 Å². The second-order valence-corrected chi connectivity index (χ2v) is 5.41. The van der Waals surface area contributed by atoms with Gasteiger partial charge in [-0.1, -0.05) is 0 Å². The van der Waals surface area contributed by atoms with Crippen molar-refractivity contribution in [2.75, 3.05) is 24.3 Å². The molecule has 1 amide bonds. The molecule has 19 heavy (non-hydrogen) atoms. The first kappa shape index (κ1) is 13.8. The van der Waals surface area contributed by atoms with Gasteiger partial charge in [-0.3, -0.25) is 4.79 Å². The molecule has 100 valence electrons. The molecule has 2 heterocycles. The van der Waals surface area contributed by atoms with Crippen molar-refractivity contribution in [1.82, 2.24) is 9.97 Å². The molecule has 2 aromatic heterocycles. The van der Waals surface area contributed by atoms with Crippen LogP contribution in [0.2, 0.25) is 5.28 Å². The summed E-state index contributed by atoms with van der Waals surface area (Å²) in [5.74, 6) is 0.407. The molecule has 0 fully saturated rings. The maximum absolute atomic E-state index is 12.1. The highest BCUT2D eigenvalue weighted by Crippen LogP contribution is 2.24. The van der Waals surface area contributed by atoms with E-state index in [4.69, 9.17) is 11.6 Å². The van der Waals surface area contributed by atoms with E-state index in [2.05, 4.69) is 15.3 Å². The van der Waals surface area contributed by atoms with Crippen LogP contribution in [0.1, 0.15) is 15.2 Å². The molecule has 0 bridgehead atoms. The molecule has 2 aromatic rings. The number of nitrogens with zero attached hydrogens (tertiary/aromatic N) is 3. The number of nitrogens with one attached hydrogen (secondary N) is 1. The van der Waals surface area contributed by atoms with Gasteiger partial charge in [-0.2, -0.15) is 4.98 Å². The number of aryl methyl sites for hydroxylation is 1. The zero-order valence-electron chi connectivity index (χ0n) is 10.8. The van der Waals surface area contributed by atoms with Crippen LogP contribution < -0.4 is 10.2 Å². The first-order valence-electron chi connectivity index (χ1n) is 5.54. The van der Waals surface area contributed by atoms with Crippen LogP contribution in [-0.2, 0) is 0 Å². The summed E-state index contributed by atoms with van der Waals surface area (Å²) in [4.78, 5) is 22.6. The first-order valence-corrected chi connectivity index (χ1v) is 6.80. The Labute approximate surface area is 120 Å². The molecule has 0 aromatic carbocycles. The number of aromatic nitrogens is 2. The fraction of sp³-hybridized carbons (Fsp3) is 0.250. The lowest BCUT2D eigenvalue weighted by molar-refractivity contribution is 0.103. The van der Waals surface area contributed by atoms with Gasteiger partial charge in [-0.25, -0.2) is 4.98 Å². The standard InChI is InChI=1S/C12H13ClN4OS/c1-7-4-5-19-9(7)11(18)15-8-6-14-12(13)16-10(8)17(2)3/h4-6H,1-3H3,(H,15,18). The average Bonchev–Trinajstić information content (AvgIpc) is 2.77. The Morgan fingerprint density at radius 2 is 2.21 bits per heavy atom. The molecule has 2 rings (SSSR count). The summed E-state index contributed by atoms with van der Waals surface area (Å²) in [6.45, 7) is 1.90. The van der Waals surface area contributed by atoms with Gasteiger partial charge >= 0.3 is 0 Å². The van der Waals surface area contributed by atoms with E-state index in [0.717, 1.165) is 5.56 Å². The largest absolute Gasteiger partial charge is 0.361 e. The molecule has 0 aliphatic heterocycles. The molecular weight excluding hydrogens is 284 g/mol. The van der Waals surface area contributed by atoms with E-state index in [-0.39, 0.29) is 11.2 Å². The molecule has 1 N–H and O–H groups in total. The fourth-order valence-corrected chi connectivity index (χ4v) is 2.51. The van der Waals surface area contributed by atoms with Crippen LogP contribution in [0.25, 0.3) is 0 Å². The third-order valence-corrected chi connectivity index (χ3v) is 3.68. The Bertz CT molecular complexity index is 612. The maximum atomic E-state index is 12.1. The summed E-state index contributed by atoms with van der Waals surface area (Å²) in [5.41, 5.74) is 1.48. The van der Waals surface area contributed by atoms with Gasteiger partial charge in [0, 0.05) is 14.1 Å². The lowest BCUT2D eigenvalue weighted by atomic mass is 10.3. The van der Waals surface area contributed by atoms with Crippen molar-refractivity contribution in [1.29, 1.82) is 0 Å². The van der Waals surface area contributed by atoms with Gasteiger partial charge < -0.3 is 10.2 Å². The summed E-state index contributed by atoms with van der Waals surface area (Å²) in [5, 5.41) is 4.84. The van der Waals surface area contributed by atoms with E-state index in [1.54, 1.807) is 4.90 Å². The van der Waals surface area contributed by atoms with Crippen LogP contribution in [0.3, 0.4) is 0 Å². The molecule has 0 radical (unpaired) electrons. The molecule has 0 saturated heterocycles. The number of hydrogen-bond acceptors (Lipinski definition) is 5. The molecule has 5 nitrogen and oxygen atoms in total. The van der Waals surface area contributed by atoms with Crippen LogP contribution in [0.5, 0.6) is 0 Å². The van der Waals surface area contributed by atoms with E-state index in [1.165, 1.54) is 17.5 Å². The number of halogens is 1. The third-order valence-electron chi connectivity index (χ3n) is 2.48. The molecule has 7 heteroatoms. The zero-order chi connectivity index (χ0) is 14.0. The molecule has 0 unspecified atom stereocenters.